The molecule has 0 rings (SSSR count). The first-order valence-electron chi connectivity index (χ1n) is 8.33. The van der Waals surface area contributed by atoms with Crippen molar-refractivity contribution in [1.29, 1.82) is 0 Å². The van der Waals surface area contributed by atoms with E-state index in [9.17, 15) is 8.42 Å². The molecular weight excluding hydrogens is 272 g/mol. The van der Waals surface area contributed by atoms with E-state index in [1.165, 1.54) is 64.2 Å². The highest BCUT2D eigenvalue weighted by Crippen LogP contribution is 2.12. The lowest BCUT2D eigenvalue weighted by molar-refractivity contribution is 0.480. The molecule has 3 nitrogen and oxygen atoms in total. The van der Waals surface area contributed by atoms with Gasteiger partial charge in [0.1, 0.15) is 0 Å². The van der Waals surface area contributed by atoms with E-state index in [0.29, 0.717) is 6.42 Å². The fourth-order valence-electron chi connectivity index (χ4n) is 2.33. The maximum Gasteiger partial charge on any atom is 0.264 e. The molecule has 20 heavy (non-hydrogen) atoms. The van der Waals surface area contributed by atoms with Gasteiger partial charge in [0.15, 0.2) is 0 Å². The molecule has 0 heterocycles. The van der Waals surface area contributed by atoms with Gasteiger partial charge in [-0.05, 0) is 19.3 Å². The zero-order valence-electron chi connectivity index (χ0n) is 13.1. The highest BCUT2D eigenvalue weighted by Gasteiger charge is 2.02. The van der Waals surface area contributed by atoms with Gasteiger partial charge in [0.25, 0.3) is 10.1 Å². The molecule has 1 N–H and O–H groups in total. The molecule has 0 bridgehead atoms. The normalized spacial score (nSPS) is 11.9. The summed E-state index contributed by atoms with van der Waals surface area (Å²) in [4.78, 5) is 0. The predicted molar refractivity (Wildman–Crippen MR) is 86.4 cm³/mol. The molecule has 0 aromatic heterocycles. The maximum atomic E-state index is 10.5. The average Bonchev–Trinajstić information content (AvgIpc) is 2.38. The Labute approximate surface area is 126 Å². The second-order valence-electron chi connectivity index (χ2n) is 5.69. The van der Waals surface area contributed by atoms with Crippen LogP contribution in [-0.4, -0.2) is 18.7 Å². The molecule has 0 saturated heterocycles. The SMILES string of the molecule is CCCCCCCCCCCC[CH]CCCS(=O)(=O)O. The molecule has 0 aliphatic rings. The van der Waals surface area contributed by atoms with Crippen molar-refractivity contribution in [3.63, 3.8) is 0 Å². The second kappa shape index (κ2) is 13.9. The van der Waals surface area contributed by atoms with Gasteiger partial charge in [-0.25, -0.2) is 0 Å². The summed E-state index contributed by atoms with van der Waals surface area (Å²) in [5.41, 5.74) is 0. The molecule has 0 unspecified atom stereocenters. The maximum absolute atomic E-state index is 10.5. The van der Waals surface area contributed by atoms with Gasteiger partial charge in [-0.1, -0.05) is 77.6 Å². The fourth-order valence-corrected chi connectivity index (χ4v) is 2.86. The molecule has 0 aliphatic carbocycles. The van der Waals surface area contributed by atoms with E-state index in [4.69, 9.17) is 4.55 Å². The van der Waals surface area contributed by atoms with E-state index in [1.807, 2.05) is 0 Å². The standard InChI is InChI=1S/C16H33O3S/c1-2-3-4-5-6-7-8-9-10-11-12-13-14-15-16-20(17,18)19/h13H,2-12,14-16H2,1H3,(H,17,18,19). The Hall–Kier alpha value is -0.0900. The summed E-state index contributed by atoms with van der Waals surface area (Å²) in [6.07, 6.45) is 18.0. The molecule has 0 amide bonds. The Morgan fingerprint density at radius 2 is 1.20 bits per heavy atom. The quantitative estimate of drug-likeness (QED) is 0.335. The van der Waals surface area contributed by atoms with Crippen LogP contribution in [0.15, 0.2) is 0 Å². The van der Waals surface area contributed by atoms with E-state index in [2.05, 4.69) is 13.3 Å². The number of hydrogen-bond donors (Lipinski definition) is 1. The fraction of sp³-hybridized carbons (Fsp3) is 0.938. The zero-order valence-corrected chi connectivity index (χ0v) is 14.0. The van der Waals surface area contributed by atoms with Crippen molar-refractivity contribution >= 4 is 10.1 Å². The van der Waals surface area contributed by atoms with Crippen LogP contribution in [0.3, 0.4) is 0 Å². The minimum atomic E-state index is -3.76. The van der Waals surface area contributed by atoms with Gasteiger partial charge in [-0.15, -0.1) is 0 Å². The molecular formula is C16H33O3S. The van der Waals surface area contributed by atoms with Crippen molar-refractivity contribution in [3.8, 4) is 0 Å². The topological polar surface area (TPSA) is 54.4 Å². The summed E-state index contributed by atoms with van der Waals surface area (Å²) in [6.45, 7) is 2.25. The van der Waals surface area contributed by atoms with Crippen LogP contribution in [0.5, 0.6) is 0 Å². The first kappa shape index (κ1) is 19.9. The highest BCUT2D eigenvalue weighted by molar-refractivity contribution is 7.85. The van der Waals surface area contributed by atoms with E-state index in [1.54, 1.807) is 0 Å². The summed E-state index contributed by atoms with van der Waals surface area (Å²) in [5.74, 6) is -0.110. The Bertz CT molecular complexity index is 286. The van der Waals surface area contributed by atoms with Crippen LogP contribution in [0.25, 0.3) is 0 Å². The molecule has 0 aliphatic heterocycles. The summed E-state index contributed by atoms with van der Waals surface area (Å²) < 4.78 is 29.6. The number of rotatable bonds is 15. The number of hydrogen-bond acceptors (Lipinski definition) is 2. The predicted octanol–water partition coefficient (Wildman–Crippen LogP) is 5.17. The van der Waals surface area contributed by atoms with Crippen molar-refractivity contribution in [2.45, 2.75) is 90.4 Å². The Morgan fingerprint density at radius 3 is 1.70 bits per heavy atom. The molecule has 0 fully saturated rings. The monoisotopic (exact) mass is 305 g/mol. The zero-order chi connectivity index (χ0) is 15.1. The highest BCUT2D eigenvalue weighted by atomic mass is 32.2. The van der Waals surface area contributed by atoms with Gasteiger partial charge in [0.05, 0.1) is 5.75 Å². The van der Waals surface area contributed by atoms with Gasteiger partial charge < -0.3 is 0 Å². The third-order valence-corrected chi connectivity index (χ3v) is 4.38. The van der Waals surface area contributed by atoms with Gasteiger partial charge in [0, 0.05) is 0 Å². The Morgan fingerprint density at radius 1 is 0.750 bits per heavy atom. The van der Waals surface area contributed by atoms with E-state index >= 15 is 0 Å². The molecule has 0 atom stereocenters. The van der Waals surface area contributed by atoms with Crippen LogP contribution >= 0.6 is 0 Å². The van der Waals surface area contributed by atoms with E-state index in [0.717, 1.165) is 12.8 Å². The lowest BCUT2D eigenvalue weighted by Gasteiger charge is -2.02. The van der Waals surface area contributed by atoms with Gasteiger partial charge >= 0.3 is 0 Å². The summed E-state index contributed by atoms with van der Waals surface area (Å²) in [7, 11) is -3.76. The third kappa shape index (κ3) is 17.9. The first-order chi connectivity index (χ1) is 9.56. The van der Waals surface area contributed by atoms with Gasteiger partial charge in [-0.3, -0.25) is 4.55 Å². The second-order valence-corrected chi connectivity index (χ2v) is 7.26. The smallest absolute Gasteiger partial charge is 0.264 e. The third-order valence-electron chi connectivity index (χ3n) is 3.57. The Balaban J connectivity index is 3.03. The van der Waals surface area contributed by atoms with Gasteiger partial charge in [0.2, 0.25) is 0 Å². The molecule has 0 aromatic carbocycles. The van der Waals surface area contributed by atoms with Gasteiger partial charge in [-0.2, -0.15) is 8.42 Å². The molecule has 0 aromatic rings. The first-order valence-corrected chi connectivity index (χ1v) is 9.94. The van der Waals surface area contributed by atoms with Crippen molar-refractivity contribution < 1.29 is 13.0 Å². The molecule has 0 saturated carbocycles. The van der Waals surface area contributed by atoms with E-state index in [-0.39, 0.29) is 5.75 Å². The number of unbranched alkanes of at least 4 members (excludes halogenated alkanes) is 13. The van der Waals surface area contributed by atoms with Crippen molar-refractivity contribution in [2.75, 3.05) is 5.75 Å². The average molecular weight is 306 g/mol. The van der Waals surface area contributed by atoms with Crippen molar-refractivity contribution in [2.24, 2.45) is 0 Å². The Kier molecular flexibility index (Phi) is 13.8. The summed E-state index contributed by atoms with van der Waals surface area (Å²) >= 11 is 0. The van der Waals surface area contributed by atoms with Crippen LogP contribution in [0.1, 0.15) is 90.4 Å². The molecule has 1 radical (unpaired) electrons. The van der Waals surface area contributed by atoms with Crippen molar-refractivity contribution in [1.82, 2.24) is 0 Å². The lowest BCUT2D eigenvalue weighted by atomic mass is 10.0. The minimum Gasteiger partial charge on any atom is -0.286 e. The van der Waals surface area contributed by atoms with E-state index < -0.39 is 10.1 Å². The minimum absolute atomic E-state index is 0.110. The largest absolute Gasteiger partial charge is 0.286 e. The molecule has 0 spiro atoms. The van der Waals surface area contributed by atoms with Crippen LogP contribution in [0, 0.1) is 6.42 Å². The van der Waals surface area contributed by atoms with Crippen LogP contribution < -0.4 is 0 Å². The van der Waals surface area contributed by atoms with Crippen LogP contribution in [0.2, 0.25) is 0 Å². The lowest BCUT2D eigenvalue weighted by Crippen LogP contribution is -2.03. The molecule has 121 valence electrons. The summed E-state index contributed by atoms with van der Waals surface area (Å²) in [6, 6.07) is 0. The molecule has 4 heteroatoms. The van der Waals surface area contributed by atoms with Crippen molar-refractivity contribution in [3.05, 3.63) is 6.42 Å². The van der Waals surface area contributed by atoms with Crippen LogP contribution in [0.4, 0.5) is 0 Å². The van der Waals surface area contributed by atoms with Crippen LogP contribution in [-0.2, 0) is 10.1 Å². The summed E-state index contributed by atoms with van der Waals surface area (Å²) in [5, 5.41) is 0.